The van der Waals surface area contributed by atoms with E-state index < -0.39 is 24.1 Å². The fraction of sp³-hybridized carbons (Fsp3) is 0.417. The van der Waals surface area contributed by atoms with Crippen LogP contribution in [-0.2, 0) is 4.74 Å². The summed E-state index contributed by atoms with van der Waals surface area (Å²) in [6.45, 7) is 0.581. The monoisotopic (exact) mass is 255 g/mol. The number of hydrogen-bond donors (Lipinski definition) is 2. The van der Waals surface area contributed by atoms with Crippen molar-refractivity contribution in [3.63, 3.8) is 0 Å². The van der Waals surface area contributed by atoms with E-state index in [2.05, 4.69) is 0 Å². The molecule has 98 valence electrons. The van der Waals surface area contributed by atoms with Crippen LogP contribution in [0.2, 0.25) is 0 Å². The number of amides is 1. The van der Waals surface area contributed by atoms with Crippen molar-refractivity contribution >= 4 is 6.09 Å². The lowest BCUT2D eigenvalue weighted by atomic mass is 10.0. The summed E-state index contributed by atoms with van der Waals surface area (Å²) in [4.78, 5) is 12.0. The van der Waals surface area contributed by atoms with Crippen molar-refractivity contribution in [1.29, 1.82) is 0 Å². The zero-order valence-corrected chi connectivity index (χ0v) is 9.62. The van der Waals surface area contributed by atoms with Crippen molar-refractivity contribution in [3.05, 3.63) is 35.6 Å². The SMILES string of the molecule is O=C(O)N1CCO[C@H]([C@H](O)c2cccc(F)c2)C1. The maximum absolute atomic E-state index is 13.0. The first kappa shape index (κ1) is 12.8. The predicted octanol–water partition coefficient (Wildman–Crippen LogP) is 1.24. The van der Waals surface area contributed by atoms with E-state index in [9.17, 15) is 14.3 Å². The predicted molar refractivity (Wildman–Crippen MR) is 60.7 cm³/mol. The minimum atomic E-state index is -1.05. The van der Waals surface area contributed by atoms with Crippen molar-refractivity contribution in [2.45, 2.75) is 12.2 Å². The lowest BCUT2D eigenvalue weighted by molar-refractivity contribution is -0.0836. The number of carboxylic acid groups (broad SMARTS) is 1. The van der Waals surface area contributed by atoms with E-state index in [0.717, 1.165) is 0 Å². The molecule has 18 heavy (non-hydrogen) atoms. The molecule has 1 heterocycles. The van der Waals surface area contributed by atoms with E-state index in [1.807, 2.05) is 0 Å². The van der Waals surface area contributed by atoms with Gasteiger partial charge in [0.1, 0.15) is 18.0 Å². The molecule has 0 bridgehead atoms. The van der Waals surface area contributed by atoms with Gasteiger partial charge in [-0.05, 0) is 17.7 Å². The smallest absolute Gasteiger partial charge is 0.407 e. The van der Waals surface area contributed by atoms with Crippen LogP contribution in [0, 0.1) is 5.82 Å². The van der Waals surface area contributed by atoms with Crippen LogP contribution in [0.3, 0.4) is 0 Å². The van der Waals surface area contributed by atoms with Gasteiger partial charge in [0.25, 0.3) is 0 Å². The summed E-state index contributed by atoms with van der Waals surface area (Å²) in [6, 6.07) is 5.57. The van der Waals surface area contributed by atoms with Gasteiger partial charge in [0, 0.05) is 6.54 Å². The Morgan fingerprint density at radius 3 is 3.00 bits per heavy atom. The van der Waals surface area contributed by atoms with Crippen LogP contribution >= 0.6 is 0 Å². The molecule has 1 aromatic carbocycles. The Hall–Kier alpha value is -1.66. The summed E-state index contributed by atoms with van der Waals surface area (Å²) in [5.41, 5.74) is 0.382. The van der Waals surface area contributed by atoms with Gasteiger partial charge in [-0.2, -0.15) is 0 Å². The number of morpholine rings is 1. The van der Waals surface area contributed by atoms with Crippen LogP contribution in [-0.4, -0.2) is 47.0 Å². The minimum absolute atomic E-state index is 0.0764. The fourth-order valence-electron chi connectivity index (χ4n) is 1.95. The topological polar surface area (TPSA) is 70.0 Å². The summed E-state index contributed by atoms with van der Waals surface area (Å²) in [7, 11) is 0. The summed E-state index contributed by atoms with van der Waals surface area (Å²) < 4.78 is 18.4. The van der Waals surface area contributed by atoms with E-state index in [-0.39, 0.29) is 19.7 Å². The van der Waals surface area contributed by atoms with Gasteiger partial charge in [0.05, 0.1) is 13.2 Å². The van der Waals surface area contributed by atoms with Gasteiger partial charge < -0.3 is 19.8 Å². The fourth-order valence-corrected chi connectivity index (χ4v) is 1.95. The first-order chi connectivity index (χ1) is 8.58. The Morgan fingerprint density at radius 2 is 2.33 bits per heavy atom. The van der Waals surface area contributed by atoms with Gasteiger partial charge in [-0.1, -0.05) is 12.1 Å². The molecule has 2 N–H and O–H groups in total. The van der Waals surface area contributed by atoms with Crippen LogP contribution in [0.4, 0.5) is 9.18 Å². The van der Waals surface area contributed by atoms with Crippen LogP contribution in [0.25, 0.3) is 0 Å². The molecule has 1 amide bonds. The second-order valence-corrected chi connectivity index (χ2v) is 4.14. The Labute approximate surface area is 103 Å². The average Bonchev–Trinajstić information content (AvgIpc) is 2.38. The lowest BCUT2D eigenvalue weighted by Gasteiger charge is -2.33. The van der Waals surface area contributed by atoms with Crippen LogP contribution < -0.4 is 0 Å². The van der Waals surface area contributed by atoms with Gasteiger partial charge in [-0.3, -0.25) is 0 Å². The quantitative estimate of drug-likeness (QED) is 0.834. The Kier molecular flexibility index (Phi) is 3.78. The first-order valence-electron chi connectivity index (χ1n) is 5.61. The number of benzene rings is 1. The highest BCUT2D eigenvalue weighted by molar-refractivity contribution is 5.65. The summed E-state index contributed by atoms with van der Waals surface area (Å²) in [6.07, 6.45) is -2.76. The van der Waals surface area contributed by atoms with E-state index in [1.54, 1.807) is 6.07 Å². The highest BCUT2D eigenvalue weighted by Gasteiger charge is 2.30. The first-order valence-corrected chi connectivity index (χ1v) is 5.61. The summed E-state index contributed by atoms with van der Waals surface area (Å²) >= 11 is 0. The Balaban J connectivity index is 2.09. The third-order valence-electron chi connectivity index (χ3n) is 2.91. The van der Waals surface area contributed by atoms with Crippen molar-refractivity contribution in [2.24, 2.45) is 0 Å². The summed E-state index contributed by atoms with van der Waals surface area (Å²) in [5.74, 6) is -0.447. The minimum Gasteiger partial charge on any atom is -0.465 e. The summed E-state index contributed by atoms with van der Waals surface area (Å²) in [5, 5.41) is 18.9. The molecule has 1 fully saturated rings. The number of halogens is 1. The number of aliphatic hydroxyl groups excluding tert-OH is 1. The molecule has 5 nitrogen and oxygen atoms in total. The second-order valence-electron chi connectivity index (χ2n) is 4.14. The molecule has 1 aromatic rings. The highest BCUT2D eigenvalue weighted by atomic mass is 19.1. The number of nitrogens with zero attached hydrogens (tertiary/aromatic N) is 1. The van der Waals surface area contributed by atoms with Crippen LogP contribution in [0.1, 0.15) is 11.7 Å². The number of carbonyl (C=O) groups is 1. The molecule has 1 saturated heterocycles. The van der Waals surface area contributed by atoms with Gasteiger partial charge in [-0.15, -0.1) is 0 Å². The Morgan fingerprint density at radius 1 is 1.56 bits per heavy atom. The van der Waals surface area contributed by atoms with Crippen LogP contribution in [0.15, 0.2) is 24.3 Å². The molecule has 2 atom stereocenters. The number of hydrogen-bond acceptors (Lipinski definition) is 3. The standard InChI is InChI=1S/C12H14FNO4/c13-9-3-1-2-8(6-9)11(15)10-7-14(12(16)17)4-5-18-10/h1-3,6,10-11,15H,4-5,7H2,(H,16,17)/t10-,11+/m0/s1. The molecule has 0 saturated carbocycles. The molecule has 1 aliphatic heterocycles. The second kappa shape index (κ2) is 5.32. The third kappa shape index (κ3) is 2.77. The van der Waals surface area contributed by atoms with Gasteiger partial charge >= 0.3 is 6.09 Å². The van der Waals surface area contributed by atoms with E-state index in [4.69, 9.17) is 9.84 Å². The molecule has 2 rings (SSSR count). The zero-order chi connectivity index (χ0) is 13.1. The highest BCUT2D eigenvalue weighted by Crippen LogP contribution is 2.22. The maximum Gasteiger partial charge on any atom is 0.407 e. The van der Waals surface area contributed by atoms with Crippen molar-refractivity contribution in [3.8, 4) is 0 Å². The van der Waals surface area contributed by atoms with Gasteiger partial charge in [-0.25, -0.2) is 9.18 Å². The normalized spacial score (nSPS) is 21.7. The average molecular weight is 255 g/mol. The van der Waals surface area contributed by atoms with Crippen LogP contribution in [0.5, 0.6) is 0 Å². The molecule has 0 unspecified atom stereocenters. The van der Waals surface area contributed by atoms with E-state index >= 15 is 0 Å². The zero-order valence-electron chi connectivity index (χ0n) is 9.62. The molecular formula is C12H14FNO4. The Bertz CT molecular complexity index is 440. The molecule has 0 aromatic heterocycles. The van der Waals surface area contributed by atoms with Gasteiger partial charge in [0.2, 0.25) is 0 Å². The molecule has 0 spiro atoms. The van der Waals surface area contributed by atoms with Crippen molar-refractivity contribution in [2.75, 3.05) is 19.7 Å². The molecule has 0 radical (unpaired) electrons. The number of rotatable bonds is 2. The van der Waals surface area contributed by atoms with Gasteiger partial charge in [0.15, 0.2) is 0 Å². The van der Waals surface area contributed by atoms with Crippen molar-refractivity contribution in [1.82, 2.24) is 4.90 Å². The largest absolute Gasteiger partial charge is 0.465 e. The molecule has 1 aliphatic rings. The maximum atomic E-state index is 13.0. The number of ether oxygens (including phenoxy) is 1. The number of aliphatic hydroxyl groups is 1. The van der Waals surface area contributed by atoms with Crippen molar-refractivity contribution < 1.29 is 24.1 Å². The lowest BCUT2D eigenvalue weighted by Crippen LogP contribution is -2.47. The molecular weight excluding hydrogens is 241 g/mol. The third-order valence-corrected chi connectivity index (χ3v) is 2.91. The van der Waals surface area contributed by atoms with E-state index in [0.29, 0.717) is 5.56 Å². The molecule has 0 aliphatic carbocycles. The molecule has 6 heteroatoms. The van der Waals surface area contributed by atoms with E-state index in [1.165, 1.54) is 23.1 Å².